The molecule has 0 spiro atoms. The topological polar surface area (TPSA) is 82.3 Å². The third-order valence-corrected chi connectivity index (χ3v) is 7.46. The molecule has 0 saturated carbocycles. The van der Waals surface area contributed by atoms with Crippen LogP contribution in [0.5, 0.6) is 0 Å². The molecule has 0 atom stereocenters. The largest absolute Gasteiger partial charge is 0.362 e. The van der Waals surface area contributed by atoms with Crippen LogP contribution in [0.1, 0.15) is 38.4 Å². The summed E-state index contributed by atoms with van der Waals surface area (Å²) in [5.41, 5.74) is 4.95. The molecule has 0 unspecified atom stereocenters. The molecule has 1 amide bonds. The van der Waals surface area contributed by atoms with Crippen molar-refractivity contribution in [2.75, 3.05) is 13.6 Å². The molecule has 0 radical (unpaired) electrons. The van der Waals surface area contributed by atoms with Crippen molar-refractivity contribution in [3.05, 3.63) is 88.2 Å². The van der Waals surface area contributed by atoms with Crippen molar-refractivity contribution in [1.29, 1.82) is 0 Å². The van der Waals surface area contributed by atoms with Crippen molar-refractivity contribution in [1.82, 2.24) is 14.6 Å². The average molecular weight is 424 g/mol. The Labute approximate surface area is 177 Å². The van der Waals surface area contributed by atoms with Gasteiger partial charge in [0.25, 0.3) is 5.91 Å². The minimum Gasteiger partial charge on any atom is -0.362 e. The molecule has 1 aliphatic heterocycles. The number of aryl methyl sites for hydroxylation is 1. The first-order valence-electron chi connectivity index (χ1n) is 9.94. The number of rotatable bonds is 6. The monoisotopic (exact) mass is 423 g/mol. The highest BCUT2D eigenvalue weighted by molar-refractivity contribution is 7.89. The van der Waals surface area contributed by atoms with E-state index in [-0.39, 0.29) is 10.8 Å². The molecule has 3 aromatic rings. The number of amides is 1. The summed E-state index contributed by atoms with van der Waals surface area (Å²) >= 11 is 0. The highest BCUT2D eigenvalue weighted by Crippen LogP contribution is 2.28. The van der Waals surface area contributed by atoms with Crippen molar-refractivity contribution < 1.29 is 13.2 Å². The van der Waals surface area contributed by atoms with Crippen LogP contribution in [0.15, 0.2) is 59.5 Å². The minimum absolute atomic E-state index is 0.0999. The van der Waals surface area contributed by atoms with Crippen molar-refractivity contribution >= 4 is 15.9 Å². The minimum atomic E-state index is -3.70. The van der Waals surface area contributed by atoms with Gasteiger partial charge in [-0.1, -0.05) is 48.5 Å². The molecule has 4 rings (SSSR count). The smallest absolute Gasteiger partial charge is 0.253 e. The molecule has 1 aliphatic rings. The Kier molecular flexibility index (Phi) is 5.49. The van der Waals surface area contributed by atoms with Gasteiger partial charge >= 0.3 is 0 Å². The predicted octanol–water partition coefficient (Wildman–Crippen LogP) is 3.02. The Morgan fingerprint density at radius 1 is 1.03 bits per heavy atom. The van der Waals surface area contributed by atoms with Crippen LogP contribution in [0.2, 0.25) is 0 Å². The van der Waals surface area contributed by atoms with Gasteiger partial charge in [-0.25, -0.2) is 8.42 Å². The molecule has 6 nitrogen and oxygen atoms in total. The Balaban J connectivity index is 1.68. The molecule has 2 N–H and O–H groups in total. The van der Waals surface area contributed by atoms with Gasteiger partial charge in [0.15, 0.2) is 0 Å². The van der Waals surface area contributed by atoms with Crippen LogP contribution < -0.4 is 5.32 Å². The summed E-state index contributed by atoms with van der Waals surface area (Å²) in [5, 5.41) is 2.88. The van der Waals surface area contributed by atoms with E-state index in [1.165, 1.54) is 4.31 Å². The number of carbonyl (C=O) groups excluding carboxylic acids is 1. The van der Waals surface area contributed by atoms with Crippen LogP contribution in [0, 0.1) is 6.92 Å². The molecule has 2 aromatic carbocycles. The number of benzene rings is 2. The molecule has 7 heteroatoms. The van der Waals surface area contributed by atoms with Gasteiger partial charge in [-0.15, -0.1) is 0 Å². The fraction of sp³-hybridized carbons (Fsp3) is 0.261. The van der Waals surface area contributed by atoms with Crippen molar-refractivity contribution in [3.8, 4) is 0 Å². The van der Waals surface area contributed by atoms with E-state index in [2.05, 4.69) is 10.3 Å². The van der Waals surface area contributed by atoms with Crippen molar-refractivity contribution in [2.24, 2.45) is 0 Å². The number of hydrogen-bond donors (Lipinski definition) is 2. The Morgan fingerprint density at radius 2 is 1.73 bits per heavy atom. The van der Waals surface area contributed by atoms with Crippen LogP contribution >= 0.6 is 0 Å². The first-order chi connectivity index (χ1) is 14.4. The highest BCUT2D eigenvalue weighted by Gasteiger charge is 2.28. The lowest BCUT2D eigenvalue weighted by atomic mass is 9.97. The number of aromatic nitrogens is 1. The lowest BCUT2D eigenvalue weighted by molar-refractivity contribution is 0.0945. The van der Waals surface area contributed by atoms with E-state index in [0.29, 0.717) is 30.6 Å². The van der Waals surface area contributed by atoms with Gasteiger partial charge in [-0.05, 0) is 29.7 Å². The Morgan fingerprint density at radius 3 is 2.50 bits per heavy atom. The summed E-state index contributed by atoms with van der Waals surface area (Å²) in [4.78, 5) is 16.0. The number of carbonyl (C=O) groups is 1. The number of fused-ring (bicyclic) bond motifs is 1. The number of nitrogens with zero attached hydrogens (tertiary/aromatic N) is 1. The summed E-state index contributed by atoms with van der Waals surface area (Å²) in [6.07, 6.45) is 1.13. The number of sulfonamides is 1. The maximum atomic E-state index is 13.4. The maximum Gasteiger partial charge on any atom is 0.253 e. The fourth-order valence-corrected chi connectivity index (χ4v) is 5.37. The van der Waals surface area contributed by atoms with Gasteiger partial charge in [0.1, 0.15) is 0 Å². The van der Waals surface area contributed by atoms with Gasteiger partial charge in [-0.3, -0.25) is 4.79 Å². The quantitative estimate of drug-likeness (QED) is 0.639. The normalized spacial score (nSPS) is 13.9. The summed E-state index contributed by atoms with van der Waals surface area (Å²) < 4.78 is 28.1. The maximum absolute atomic E-state index is 13.4. The molecule has 30 heavy (non-hydrogen) atoms. The number of nitrogens with one attached hydrogen (secondary N) is 2. The lowest BCUT2D eigenvalue weighted by Crippen LogP contribution is -2.32. The second-order valence-corrected chi connectivity index (χ2v) is 9.63. The van der Waals surface area contributed by atoms with Crippen LogP contribution in [-0.2, 0) is 29.4 Å². The van der Waals surface area contributed by atoms with Gasteiger partial charge in [0.2, 0.25) is 10.0 Å². The predicted molar refractivity (Wildman–Crippen MR) is 116 cm³/mol. The molecule has 156 valence electrons. The first-order valence-corrected chi connectivity index (χ1v) is 11.4. The van der Waals surface area contributed by atoms with Gasteiger partial charge in [0.05, 0.1) is 10.5 Å². The SMILES string of the molecule is Cc1[nH]c2c(c1Cc1ccccc1S(=O)(=O)N(C)Cc1ccccc1)C(=O)NCC2. The second-order valence-electron chi connectivity index (χ2n) is 7.62. The molecule has 2 heterocycles. The molecule has 1 aromatic heterocycles. The molecule has 0 fully saturated rings. The van der Waals surface area contributed by atoms with E-state index < -0.39 is 10.0 Å². The van der Waals surface area contributed by atoms with Gasteiger partial charge in [0, 0.05) is 44.4 Å². The van der Waals surface area contributed by atoms with Crippen LogP contribution in [-0.4, -0.2) is 37.2 Å². The number of aromatic amines is 1. The number of H-pyrrole nitrogens is 1. The molecule has 0 bridgehead atoms. The van der Waals surface area contributed by atoms with E-state index in [0.717, 1.165) is 28.9 Å². The zero-order chi connectivity index (χ0) is 21.3. The van der Waals surface area contributed by atoms with E-state index >= 15 is 0 Å². The van der Waals surface area contributed by atoms with Crippen molar-refractivity contribution in [3.63, 3.8) is 0 Å². The van der Waals surface area contributed by atoms with Gasteiger partial charge in [-0.2, -0.15) is 4.31 Å². The van der Waals surface area contributed by atoms with Crippen LogP contribution in [0.25, 0.3) is 0 Å². The average Bonchev–Trinajstić information content (AvgIpc) is 3.05. The third kappa shape index (κ3) is 3.78. The second kappa shape index (κ2) is 8.08. The fourth-order valence-electron chi connectivity index (χ4n) is 3.99. The Bertz CT molecular complexity index is 1180. The zero-order valence-electron chi connectivity index (χ0n) is 17.1. The third-order valence-electron chi connectivity index (χ3n) is 5.56. The van der Waals surface area contributed by atoms with E-state index in [1.54, 1.807) is 19.2 Å². The lowest BCUT2D eigenvalue weighted by Gasteiger charge is -2.20. The summed E-state index contributed by atoms with van der Waals surface area (Å²) in [5.74, 6) is -0.0999. The highest BCUT2D eigenvalue weighted by atomic mass is 32.2. The molecule has 0 aliphatic carbocycles. The molecule has 0 saturated heterocycles. The zero-order valence-corrected chi connectivity index (χ0v) is 17.9. The van der Waals surface area contributed by atoms with Crippen LogP contribution in [0.4, 0.5) is 0 Å². The standard InChI is InChI=1S/C23H25N3O3S/c1-16-19(22-20(25-16)12-13-24-23(22)27)14-18-10-6-7-11-21(18)30(28,29)26(2)15-17-8-4-3-5-9-17/h3-11,25H,12-15H2,1-2H3,(H,24,27). The van der Waals surface area contributed by atoms with Crippen molar-refractivity contribution in [2.45, 2.75) is 31.2 Å². The Hall–Kier alpha value is -2.90. The van der Waals surface area contributed by atoms with E-state index in [9.17, 15) is 13.2 Å². The van der Waals surface area contributed by atoms with Crippen LogP contribution in [0.3, 0.4) is 0 Å². The number of hydrogen-bond acceptors (Lipinski definition) is 3. The first kappa shape index (κ1) is 20.4. The van der Waals surface area contributed by atoms with E-state index in [1.807, 2.05) is 49.4 Å². The summed E-state index contributed by atoms with van der Waals surface area (Å²) in [6.45, 7) is 2.83. The van der Waals surface area contributed by atoms with E-state index in [4.69, 9.17) is 0 Å². The summed E-state index contributed by atoms with van der Waals surface area (Å²) in [6, 6.07) is 16.5. The molecular formula is C23H25N3O3S. The summed E-state index contributed by atoms with van der Waals surface area (Å²) in [7, 11) is -2.10. The van der Waals surface area contributed by atoms with Gasteiger partial charge < -0.3 is 10.3 Å². The molecular weight excluding hydrogens is 398 g/mol.